The molecular weight excluding hydrogens is 126 g/mol. The molecule has 0 amide bonds. The van der Waals surface area contributed by atoms with E-state index < -0.39 is 0 Å². The van der Waals surface area contributed by atoms with Crippen molar-refractivity contribution in [2.24, 2.45) is 0 Å². The predicted octanol–water partition coefficient (Wildman–Crippen LogP) is 0.634. The highest BCUT2D eigenvalue weighted by Crippen LogP contribution is 1.85. The maximum atomic E-state index is 5.26. The number of terminal acetylenes is 1. The fourth-order valence-corrected chi connectivity index (χ4v) is 0.691. The first-order valence-electron chi connectivity index (χ1n) is 3.57. The van der Waals surface area contributed by atoms with Gasteiger partial charge in [-0.15, -0.1) is 6.42 Å². The molecule has 0 aliphatic rings. The monoisotopic (exact) mass is 141 g/mol. The summed E-state index contributed by atoms with van der Waals surface area (Å²) < 4.78 is 5.26. The molecule has 0 aliphatic carbocycles. The first-order valence-corrected chi connectivity index (χ1v) is 3.57. The topological polar surface area (TPSA) is 21.3 Å². The molecule has 0 aromatic rings. The second-order valence-corrected chi connectivity index (χ2v) is 2.10. The van der Waals surface area contributed by atoms with Crippen molar-refractivity contribution in [3.05, 3.63) is 0 Å². The lowest BCUT2D eigenvalue weighted by molar-refractivity contribution is 0.0770. The van der Waals surface area contributed by atoms with Crippen LogP contribution in [-0.2, 0) is 4.74 Å². The highest BCUT2D eigenvalue weighted by atomic mass is 16.5. The fraction of sp³-hybridized carbons (Fsp3) is 0.750. The molecule has 1 N–H and O–H groups in total. The Morgan fingerprint density at radius 3 is 2.90 bits per heavy atom. The van der Waals surface area contributed by atoms with Crippen LogP contribution in [0.5, 0.6) is 0 Å². The normalized spacial score (nSPS) is 12.5. The Morgan fingerprint density at radius 2 is 2.40 bits per heavy atom. The molecule has 1 unspecified atom stereocenters. The minimum Gasteiger partial charge on any atom is -0.377 e. The number of rotatable bonds is 5. The van der Waals surface area contributed by atoms with Crippen molar-refractivity contribution in [3.8, 4) is 12.3 Å². The van der Waals surface area contributed by atoms with Crippen LogP contribution in [0.3, 0.4) is 0 Å². The second kappa shape index (κ2) is 6.60. The largest absolute Gasteiger partial charge is 0.377 e. The summed E-state index contributed by atoms with van der Waals surface area (Å²) in [6.07, 6.45) is 5.30. The molecule has 2 nitrogen and oxygen atoms in total. The van der Waals surface area contributed by atoms with Crippen LogP contribution < -0.4 is 5.32 Å². The Kier molecular flexibility index (Phi) is 6.25. The summed E-state index contributed by atoms with van der Waals surface area (Å²) in [5.41, 5.74) is 0. The van der Waals surface area contributed by atoms with E-state index in [9.17, 15) is 0 Å². The molecule has 0 bridgehead atoms. The van der Waals surface area contributed by atoms with Crippen LogP contribution in [0.2, 0.25) is 0 Å². The van der Waals surface area contributed by atoms with Crippen LogP contribution >= 0.6 is 0 Å². The van der Waals surface area contributed by atoms with Crippen molar-refractivity contribution in [1.82, 2.24) is 5.32 Å². The lowest BCUT2D eigenvalue weighted by Gasteiger charge is -2.10. The molecule has 0 saturated heterocycles. The fourth-order valence-electron chi connectivity index (χ4n) is 0.691. The van der Waals surface area contributed by atoms with Gasteiger partial charge in [-0.05, 0) is 13.8 Å². The molecule has 0 aromatic heterocycles. The van der Waals surface area contributed by atoms with Crippen LogP contribution in [0.1, 0.15) is 13.8 Å². The molecule has 58 valence electrons. The zero-order valence-corrected chi connectivity index (χ0v) is 6.68. The van der Waals surface area contributed by atoms with Crippen LogP contribution in [0.25, 0.3) is 0 Å². The quantitative estimate of drug-likeness (QED) is 0.448. The van der Waals surface area contributed by atoms with Crippen molar-refractivity contribution in [2.75, 3.05) is 19.7 Å². The van der Waals surface area contributed by atoms with Crippen molar-refractivity contribution >= 4 is 0 Å². The maximum absolute atomic E-state index is 5.26. The van der Waals surface area contributed by atoms with Gasteiger partial charge in [-0.2, -0.15) is 0 Å². The summed E-state index contributed by atoms with van der Waals surface area (Å²) in [6, 6.07) is 0. The molecule has 0 heterocycles. The Hall–Kier alpha value is -0.520. The van der Waals surface area contributed by atoms with E-state index in [2.05, 4.69) is 11.2 Å². The summed E-state index contributed by atoms with van der Waals surface area (Å²) in [5.74, 6) is 2.50. The molecular formula is C8H15NO. The standard InChI is InChI=1S/C8H15NO/c1-4-6-9-7-8(3)10-5-2/h1,8-9H,5-7H2,2-3H3. The van der Waals surface area contributed by atoms with Crippen molar-refractivity contribution in [1.29, 1.82) is 0 Å². The van der Waals surface area contributed by atoms with E-state index in [1.807, 2.05) is 13.8 Å². The van der Waals surface area contributed by atoms with Crippen molar-refractivity contribution < 1.29 is 4.74 Å². The Labute approximate surface area is 63.0 Å². The summed E-state index contributed by atoms with van der Waals surface area (Å²) in [5, 5.41) is 3.06. The van der Waals surface area contributed by atoms with Crippen LogP contribution in [-0.4, -0.2) is 25.8 Å². The minimum atomic E-state index is 0.262. The number of hydrogen-bond donors (Lipinski definition) is 1. The lowest BCUT2D eigenvalue weighted by Crippen LogP contribution is -2.26. The third kappa shape index (κ3) is 5.61. The van der Waals surface area contributed by atoms with Crippen LogP contribution in [0, 0.1) is 12.3 Å². The molecule has 0 spiro atoms. The summed E-state index contributed by atoms with van der Waals surface area (Å²) >= 11 is 0. The summed E-state index contributed by atoms with van der Waals surface area (Å²) in [6.45, 7) is 6.22. The maximum Gasteiger partial charge on any atom is 0.0671 e. The SMILES string of the molecule is C#CCNCC(C)OCC. The predicted molar refractivity (Wildman–Crippen MR) is 42.8 cm³/mol. The molecule has 0 aromatic carbocycles. The van der Waals surface area contributed by atoms with E-state index >= 15 is 0 Å². The van der Waals surface area contributed by atoms with Gasteiger partial charge in [-0.25, -0.2) is 0 Å². The van der Waals surface area contributed by atoms with Gasteiger partial charge in [0.1, 0.15) is 0 Å². The third-order valence-corrected chi connectivity index (χ3v) is 1.11. The van der Waals surface area contributed by atoms with Crippen LogP contribution in [0.15, 0.2) is 0 Å². The molecule has 2 heteroatoms. The van der Waals surface area contributed by atoms with E-state index in [-0.39, 0.29) is 6.10 Å². The smallest absolute Gasteiger partial charge is 0.0671 e. The average molecular weight is 141 g/mol. The van der Waals surface area contributed by atoms with Gasteiger partial charge in [-0.1, -0.05) is 5.92 Å². The molecule has 0 radical (unpaired) electrons. The zero-order valence-electron chi connectivity index (χ0n) is 6.68. The van der Waals surface area contributed by atoms with Crippen molar-refractivity contribution in [3.63, 3.8) is 0 Å². The van der Waals surface area contributed by atoms with Gasteiger partial charge in [-0.3, -0.25) is 0 Å². The third-order valence-electron chi connectivity index (χ3n) is 1.11. The van der Waals surface area contributed by atoms with E-state index in [0.717, 1.165) is 13.2 Å². The molecule has 0 fully saturated rings. The highest BCUT2D eigenvalue weighted by molar-refractivity contribution is 4.86. The van der Waals surface area contributed by atoms with E-state index in [1.54, 1.807) is 0 Å². The van der Waals surface area contributed by atoms with Gasteiger partial charge < -0.3 is 10.1 Å². The van der Waals surface area contributed by atoms with Gasteiger partial charge in [0.15, 0.2) is 0 Å². The van der Waals surface area contributed by atoms with Gasteiger partial charge in [0.05, 0.1) is 12.6 Å². The Balaban J connectivity index is 3.06. The van der Waals surface area contributed by atoms with E-state index in [1.165, 1.54) is 0 Å². The zero-order chi connectivity index (χ0) is 7.82. The van der Waals surface area contributed by atoms with E-state index in [0.29, 0.717) is 6.54 Å². The molecule has 0 rings (SSSR count). The lowest BCUT2D eigenvalue weighted by atomic mass is 10.4. The van der Waals surface area contributed by atoms with Gasteiger partial charge in [0.25, 0.3) is 0 Å². The summed E-state index contributed by atoms with van der Waals surface area (Å²) in [4.78, 5) is 0. The Bertz CT molecular complexity index is 106. The number of ether oxygens (including phenoxy) is 1. The van der Waals surface area contributed by atoms with Gasteiger partial charge in [0.2, 0.25) is 0 Å². The Morgan fingerprint density at radius 1 is 1.70 bits per heavy atom. The first kappa shape index (κ1) is 9.48. The molecule has 1 atom stereocenters. The molecule has 0 saturated carbocycles. The number of nitrogens with one attached hydrogen (secondary N) is 1. The second-order valence-electron chi connectivity index (χ2n) is 2.10. The average Bonchev–Trinajstić information content (AvgIpc) is 1.89. The summed E-state index contributed by atoms with van der Waals surface area (Å²) in [7, 11) is 0. The van der Waals surface area contributed by atoms with Gasteiger partial charge in [0, 0.05) is 13.2 Å². The van der Waals surface area contributed by atoms with E-state index in [4.69, 9.17) is 11.2 Å². The van der Waals surface area contributed by atoms with Crippen LogP contribution in [0.4, 0.5) is 0 Å². The first-order chi connectivity index (χ1) is 4.81. The minimum absolute atomic E-state index is 0.262. The number of hydrogen-bond acceptors (Lipinski definition) is 2. The highest BCUT2D eigenvalue weighted by Gasteiger charge is 1.96. The molecule has 10 heavy (non-hydrogen) atoms. The van der Waals surface area contributed by atoms with Crippen molar-refractivity contribution in [2.45, 2.75) is 20.0 Å². The molecule has 0 aliphatic heterocycles. The van der Waals surface area contributed by atoms with Gasteiger partial charge >= 0.3 is 0 Å².